The van der Waals surface area contributed by atoms with Crippen LogP contribution in [0.25, 0.3) is 11.0 Å². The van der Waals surface area contributed by atoms with Gasteiger partial charge in [0, 0.05) is 13.0 Å². The fourth-order valence-corrected chi connectivity index (χ4v) is 2.41. The van der Waals surface area contributed by atoms with Crippen molar-refractivity contribution in [2.45, 2.75) is 25.9 Å². The summed E-state index contributed by atoms with van der Waals surface area (Å²) in [6.07, 6.45) is 5.40. The van der Waals surface area contributed by atoms with E-state index in [1.165, 1.54) is 6.33 Å². The maximum Gasteiger partial charge on any atom is 0.160 e. The number of nitrogens with zero attached hydrogens (tertiary/aromatic N) is 6. The van der Waals surface area contributed by atoms with Crippen LogP contribution < -0.4 is 5.32 Å². The summed E-state index contributed by atoms with van der Waals surface area (Å²) in [4.78, 5) is 8.33. The van der Waals surface area contributed by atoms with Crippen molar-refractivity contribution in [1.82, 2.24) is 34.9 Å². The number of anilines is 1. The third-order valence-corrected chi connectivity index (χ3v) is 3.35. The molecule has 0 spiro atoms. The summed E-state index contributed by atoms with van der Waals surface area (Å²) < 4.78 is 2.17. The van der Waals surface area contributed by atoms with Crippen molar-refractivity contribution in [2.75, 3.05) is 5.32 Å². The Morgan fingerprint density at radius 1 is 1.32 bits per heavy atom. The van der Waals surface area contributed by atoms with Crippen LogP contribution in [-0.4, -0.2) is 34.9 Å². The zero-order valence-electron chi connectivity index (χ0n) is 10.2. The highest BCUT2D eigenvalue weighted by Gasteiger charge is 2.17. The average molecular weight is 256 g/mol. The minimum atomic E-state index is 0.601. The number of nitrogens with one attached hydrogen (secondary N) is 2. The summed E-state index contributed by atoms with van der Waals surface area (Å²) in [5.74, 6) is 2.78. The number of aromatic nitrogens is 7. The third kappa shape index (κ3) is 1.64. The second kappa shape index (κ2) is 4.01. The molecule has 2 N–H and O–H groups in total. The van der Waals surface area contributed by atoms with Crippen LogP contribution in [0.15, 0.2) is 12.5 Å². The molecule has 1 aliphatic heterocycles. The molecular weight excluding hydrogens is 244 g/mol. The van der Waals surface area contributed by atoms with E-state index in [9.17, 15) is 0 Å². The Balaban J connectivity index is 1.60. The number of aryl methyl sites for hydroxylation is 1. The van der Waals surface area contributed by atoms with Crippen LogP contribution in [0.3, 0.4) is 0 Å². The van der Waals surface area contributed by atoms with E-state index in [0.29, 0.717) is 6.54 Å². The first-order valence-electron chi connectivity index (χ1n) is 6.21. The summed E-state index contributed by atoms with van der Waals surface area (Å²) >= 11 is 0. The predicted octanol–water partition coefficient (Wildman–Crippen LogP) is 0.503. The van der Waals surface area contributed by atoms with Crippen LogP contribution in [0.2, 0.25) is 0 Å². The van der Waals surface area contributed by atoms with Gasteiger partial charge in [0.2, 0.25) is 0 Å². The standard InChI is InChI=1S/C11H12N8/c1-2-8-16-17-9(19(8)3-1)5-12-10-7-4-15-18-11(7)14-6-13-10/h4,6H,1-3,5H2,(H2,12,13,14,15,18). The maximum atomic E-state index is 4.23. The van der Waals surface area contributed by atoms with E-state index in [4.69, 9.17) is 0 Å². The van der Waals surface area contributed by atoms with Gasteiger partial charge in [0.1, 0.15) is 18.0 Å². The molecule has 0 bridgehead atoms. The molecular formula is C11H12N8. The Labute approximate surface area is 108 Å². The summed E-state index contributed by atoms with van der Waals surface area (Å²) in [6, 6.07) is 0. The van der Waals surface area contributed by atoms with Gasteiger partial charge in [-0.3, -0.25) is 5.10 Å². The smallest absolute Gasteiger partial charge is 0.160 e. The molecule has 8 heteroatoms. The molecule has 4 heterocycles. The van der Waals surface area contributed by atoms with Crippen molar-refractivity contribution in [3.8, 4) is 0 Å². The van der Waals surface area contributed by atoms with E-state index in [1.807, 2.05) is 0 Å². The van der Waals surface area contributed by atoms with Gasteiger partial charge in [-0.05, 0) is 6.42 Å². The molecule has 0 unspecified atom stereocenters. The number of aromatic amines is 1. The van der Waals surface area contributed by atoms with Gasteiger partial charge < -0.3 is 9.88 Å². The molecule has 4 rings (SSSR count). The lowest BCUT2D eigenvalue weighted by molar-refractivity contribution is 0.695. The van der Waals surface area contributed by atoms with Gasteiger partial charge in [-0.25, -0.2) is 9.97 Å². The molecule has 0 radical (unpaired) electrons. The predicted molar refractivity (Wildman–Crippen MR) is 67.4 cm³/mol. The van der Waals surface area contributed by atoms with E-state index in [-0.39, 0.29) is 0 Å². The SMILES string of the molecule is c1nc(NCc2nnc3n2CCC3)c2cn[nH]c2n1. The summed E-state index contributed by atoms with van der Waals surface area (Å²) in [6.45, 7) is 1.61. The molecule has 0 atom stereocenters. The Kier molecular flexibility index (Phi) is 2.20. The third-order valence-electron chi connectivity index (χ3n) is 3.35. The van der Waals surface area contributed by atoms with E-state index in [1.54, 1.807) is 6.20 Å². The quantitative estimate of drug-likeness (QED) is 0.708. The van der Waals surface area contributed by atoms with E-state index >= 15 is 0 Å². The van der Waals surface area contributed by atoms with Gasteiger partial charge in [0.05, 0.1) is 18.1 Å². The molecule has 19 heavy (non-hydrogen) atoms. The van der Waals surface area contributed by atoms with Gasteiger partial charge >= 0.3 is 0 Å². The van der Waals surface area contributed by atoms with Gasteiger partial charge in [0.25, 0.3) is 0 Å². The molecule has 0 fully saturated rings. The van der Waals surface area contributed by atoms with Crippen molar-refractivity contribution in [3.05, 3.63) is 24.2 Å². The fraction of sp³-hybridized carbons (Fsp3) is 0.364. The molecule has 0 saturated carbocycles. The normalized spacial score (nSPS) is 13.9. The minimum absolute atomic E-state index is 0.601. The molecule has 8 nitrogen and oxygen atoms in total. The Bertz CT molecular complexity index is 727. The van der Waals surface area contributed by atoms with Gasteiger partial charge in [0.15, 0.2) is 11.5 Å². The zero-order chi connectivity index (χ0) is 12.7. The number of hydrogen-bond acceptors (Lipinski definition) is 6. The Morgan fingerprint density at radius 2 is 2.32 bits per heavy atom. The number of rotatable bonds is 3. The number of fused-ring (bicyclic) bond motifs is 2. The van der Waals surface area contributed by atoms with Crippen LogP contribution in [0, 0.1) is 0 Å². The molecule has 0 amide bonds. The Hall–Kier alpha value is -2.51. The summed E-state index contributed by atoms with van der Waals surface area (Å²) in [5, 5.41) is 19.3. The fourth-order valence-electron chi connectivity index (χ4n) is 2.41. The van der Waals surface area contributed by atoms with Crippen LogP contribution >= 0.6 is 0 Å². The highest BCUT2D eigenvalue weighted by Crippen LogP contribution is 2.18. The van der Waals surface area contributed by atoms with Gasteiger partial charge in [-0.2, -0.15) is 5.10 Å². The average Bonchev–Trinajstić information content (AvgIpc) is 3.13. The van der Waals surface area contributed by atoms with E-state index < -0.39 is 0 Å². The monoisotopic (exact) mass is 256 g/mol. The van der Waals surface area contributed by atoms with Crippen molar-refractivity contribution in [3.63, 3.8) is 0 Å². The topological polar surface area (TPSA) is 97.2 Å². The molecule has 1 aliphatic rings. The zero-order valence-corrected chi connectivity index (χ0v) is 10.2. The molecule has 0 aliphatic carbocycles. The molecule has 3 aromatic rings. The minimum Gasteiger partial charge on any atom is -0.362 e. The van der Waals surface area contributed by atoms with Crippen LogP contribution in [0.4, 0.5) is 5.82 Å². The van der Waals surface area contributed by atoms with Crippen molar-refractivity contribution >= 4 is 16.9 Å². The van der Waals surface area contributed by atoms with Crippen LogP contribution in [0.1, 0.15) is 18.1 Å². The van der Waals surface area contributed by atoms with Gasteiger partial charge in [-0.15, -0.1) is 10.2 Å². The number of hydrogen-bond donors (Lipinski definition) is 2. The summed E-state index contributed by atoms with van der Waals surface area (Å²) in [7, 11) is 0. The lowest BCUT2D eigenvalue weighted by atomic mass is 10.4. The van der Waals surface area contributed by atoms with Gasteiger partial charge in [-0.1, -0.05) is 0 Å². The first-order chi connectivity index (χ1) is 9.42. The lowest BCUT2D eigenvalue weighted by Crippen LogP contribution is -2.08. The van der Waals surface area contributed by atoms with E-state index in [0.717, 1.165) is 47.9 Å². The number of H-pyrrole nitrogens is 1. The van der Waals surface area contributed by atoms with E-state index in [2.05, 4.69) is 40.2 Å². The van der Waals surface area contributed by atoms with Crippen molar-refractivity contribution in [2.24, 2.45) is 0 Å². The summed E-state index contributed by atoms with van der Waals surface area (Å²) in [5.41, 5.74) is 0.726. The molecule has 0 aromatic carbocycles. The van der Waals surface area contributed by atoms with Crippen LogP contribution in [0.5, 0.6) is 0 Å². The molecule has 0 saturated heterocycles. The van der Waals surface area contributed by atoms with Crippen LogP contribution in [-0.2, 0) is 19.5 Å². The molecule has 3 aromatic heterocycles. The van der Waals surface area contributed by atoms with Crippen molar-refractivity contribution < 1.29 is 0 Å². The Morgan fingerprint density at radius 3 is 3.32 bits per heavy atom. The first-order valence-corrected chi connectivity index (χ1v) is 6.21. The van der Waals surface area contributed by atoms with Crippen molar-refractivity contribution in [1.29, 1.82) is 0 Å². The lowest BCUT2D eigenvalue weighted by Gasteiger charge is -2.06. The second-order valence-corrected chi connectivity index (χ2v) is 4.50. The maximum absolute atomic E-state index is 4.23. The highest BCUT2D eigenvalue weighted by molar-refractivity contribution is 5.85. The molecule has 96 valence electrons. The largest absolute Gasteiger partial charge is 0.362 e. The highest BCUT2D eigenvalue weighted by atomic mass is 15.3. The first kappa shape index (κ1) is 10.4. The second-order valence-electron chi connectivity index (χ2n) is 4.50.